The van der Waals surface area contributed by atoms with Crippen molar-refractivity contribution < 1.29 is 23.1 Å². The van der Waals surface area contributed by atoms with Crippen molar-refractivity contribution in [2.75, 3.05) is 19.8 Å². The second-order valence-electron chi connectivity index (χ2n) is 4.38. The molecule has 0 aromatic carbocycles. The van der Waals surface area contributed by atoms with E-state index in [0.717, 1.165) is 12.8 Å². The highest BCUT2D eigenvalue weighted by molar-refractivity contribution is 7.58. The van der Waals surface area contributed by atoms with Gasteiger partial charge in [-0.05, 0) is 27.2 Å². The van der Waals surface area contributed by atoms with Gasteiger partial charge in [-0.3, -0.25) is 4.57 Å². The summed E-state index contributed by atoms with van der Waals surface area (Å²) in [4.78, 5) is 11.6. The monoisotopic (exact) mass is 321 g/mol. The van der Waals surface area contributed by atoms with E-state index in [1.807, 2.05) is 6.92 Å². The first-order valence-corrected chi connectivity index (χ1v) is 9.01. The van der Waals surface area contributed by atoms with Crippen LogP contribution in [0.1, 0.15) is 47.0 Å². The van der Waals surface area contributed by atoms with E-state index in [4.69, 9.17) is 13.8 Å². The molecule has 0 aliphatic rings. The predicted octanol–water partition coefficient (Wildman–Crippen LogP) is 4.07. The molecule has 1 unspecified atom stereocenters. The Hall–Kier alpha value is -0.840. The topological polar surface area (TPSA) is 73.9 Å². The summed E-state index contributed by atoms with van der Waals surface area (Å²) >= 11 is 0. The van der Waals surface area contributed by atoms with Crippen molar-refractivity contribution in [3.63, 3.8) is 0 Å². The standard InChI is InChI=1S/C14H28NO5P/c1-6-10-11-13(15-14(16)18-7-2)12(5)21(17,19-8-3)20-9-4/h13H,5-11H2,1-4H3,(H,15,16). The number of nitrogens with one attached hydrogen (secondary N) is 1. The molecule has 0 aromatic heterocycles. The Kier molecular flexibility index (Phi) is 10.4. The molecule has 0 heterocycles. The van der Waals surface area contributed by atoms with Crippen LogP contribution in [0.25, 0.3) is 0 Å². The molecule has 0 rings (SSSR count). The van der Waals surface area contributed by atoms with Gasteiger partial charge in [0, 0.05) is 0 Å². The predicted molar refractivity (Wildman–Crippen MR) is 83.5 cm³/mol. The molecule has 0 aliphatic carbocycles. The summed E-state index contributed by atoms with van der Waals surface area (Å²) in [6.07, 6.45) is 1.85. The Balaban J connectivity index is 5.04. The number of hydrogen-bond acceptors (Lipinski definition) is 5. The molecular weight excluding hydrogens is 293 g/mol. The van der Waals surface area contributed by atoms with Crippen LogP contribution in [0.15, 0.2) is 11.9 Å². The van der Waals surface area contributed by atoms with Crippen LogP contribution in [0.4, 0.5) is 4.79 Å². The van der Waals surface area contributed by atoms with Crippen LogP contribution in [0.2, 0.25) is 0 Å². The van der Waals surface area contributed by atoms with E-state index in [-0.39, 0.29) is 25.1 Å². The number of hydrogen-bond donors (Lipinski definition) is 1. The van der Waals surface area contributed by atoms with Crippen LogP contribution < -0.4 is 5.32 Å². The number of carbonyl (C=O) groups excluding carboxylic acids is 1. The van der Waals surface area contributed by atoms with Crippen molar-refractivity contribution in [3.05, 3.63) is 11.9 Å². The first-order chi connectivity index (χ1) is 9.95. The summed E-state index contributed by atoms with van der Waals surface area (Å²) in [5.41, 5.74) is 0. The zero-order chi connectivity index (χ0) is 16.3. The largest absolute Gasteiger partial charge is 0.450 e. The van der Waals surface area contributed by atoms with Gasteiger partial charge in [-0.15, -0.1) is 0 Å². The quantitative estimate of drug-likeness (QED) is 0.581. The average molecular weight is 321 g/mol. The van der Waals surface area contributed by atoms with Crippen LogP contribution >= 0.6 is 7.60 Å². The van der Waals surface area contributed by atoms with Gasteiger partial charge in [0.25, 0.3) is 0 Å². The summed E-state index contributed by atoms with van der Waals surface area (Å²) in [6.45, 7) is 11.8. The minimum absolute atomic E-state index is 0.246. The van der Waals surface area contributed by atoms with Crippen LogP contribution in [0.3, 0.4) is 0 Å². The van der Waals surface area contributed by atoms with E-state index in [2.05, 4.69) is 11.9 Å². The second kappa shape index (κ2) is 10.8. The van der Waals surface area contributed by atoms with Crippen LogP contribution in [0.5, 0.6) is 0 Å². The smallest absolute Gasteiger partial charge is 0.407 e. The van der Waals surface area contributed by atoms with E-state index in [9.17, 15) is 9.36 Å². The lowest BCUT2D eigenvalue weighted by molar-refractivity contribution is 0.149. The normalized spacial score (nSPS) is 12.8. The minimum atomic E-state index is -3.45. The molecule has 0 aromatic rings. The van der Waals surface area contributed by atoms with Gasteiger partial charge in [-0.2, -0.15) is 0 Å². The lowest BCUT2D eigenvalue weighted by Crippen LogP contribution is -2.36. The van der Waals surface area contributed by atoms with E-state index in [1.165, 1.54) is 0 Å². The van der Waals surface area contributed by atoms with Crippen molar-refractivity contribution in [2.45, 2.75) is 53.0 Å². The van der Waals surface area contributed by atoms with E-state index >= 15 is 0 Å². The second-order valence-corrected chi connectivity index (χ2v) is 6.47. The van der Waals surface area contributed by atoms with Crippen molar-refractivity contribution in [1.82, 2.24) is 5.32 Å². The Morgan fingerprint density at radius 2 is 1.71 bits per heavy atom. The molecule has 0 spiro atoms. The summed E-state index contributed by atoms with van der Waals surface area (Å²) in [6, 6.07) is -0.493. The van der Waals surface area contributed by atoms with Gasteiger partial charge in [0.2, 0.25) is 0 Å². The third-order valence-corrected chi connectivity index (χ3v) is 4.98. The minimum Gasteiger partial charge on any atom is -0.450 e. The zero-order valence-electron chi connectivity index (χ0n) is 13.5. The number of ether oxygens (including phenoxy) is 1. The van der Waals surface area contributed by atoms with Gasteiger partial charge in [0.15, 0.2) is 0 Å². The first kappa shape index (κ1) is 20.2. The highest BCUT2D eigenvalue weighted by atomic mass is 31.2. The summed E-state index contributed by atoms with van der Waals surface area (Å²) < 4.78 is 28.1. The molecule has 6 nitrogen and oxygen atoms in total. The molecule has 0 radical (unpaired) electrons. The molecule has 0 aliphatic heterocycles. The van der Waals surface area contributed by atoms with Crippen LogP contribution in [0, 0.1) is 0 Å². The summed E-state index contributed by atoms with van der Waals surface area (Å²) in [5, 5.41) is 2.95. The average Bonchev–Trinajstić information content (AvgIpc) is 2.43. The Bertz CT molecular complexity index is 362. The van der Waals surface area contributed by atoms with Gasteiger partial charge in [0.1, 0.15) is 0 Å². The third-order valence-electron chi connectivity index (χ3n) is 2.77. The molecule has 1 amide bonds. The Morgan fingerprint density at radius 1 is 1.14 bits per heavy atom. The number of unbranched alkanes of at least 4 members (excludes halogenated alkanes) is 1. The van der Waals surface area contributed by atoms with Crippen molar-refractivity contribution in [1.29, 1.82) is 0 Å². The van der Waals surface area contributed by atoms with Gasteiger partial charge >= 0.3 is 13.7 Å². The summed E-state index contributed by atoms with van der Waals surface area (Å²) in [7, 11) is -3.45. The third kappa shape index (κ3) is 7.11. The molecule has 0 saturated heterocycles. The molecule has 21 heavy (non-hydrogen) atoms. The molecule has 1 atom stereocenters. The fraction of sp³-hybridized carbons (Fsp3) is 0.786. The van der Waals surface area contributed by atoms with Gasteiger partial charge in [0.05, 0.1) is 31.2 Å². The highest BCUT2D eigenvalue weighted by Crippen LogP contribution is 2.56. The van der Waals surface area contributed by atoms with Crippen molar-refractivity contribution in [2.24, 2.45) is 0 Å². The van der Waals surface area contributed by atoms with E-state index < -0.39 is 19.7 Å². The summed E-state index contributed by atoms with van der Waals surface area (Å²) in [5.74, 6) is 0. The fourth-order valence-corrected chi connectivity index (χ4v) is 3.44. The maximum absolute atomic E-state index is 12.7. The number of carbonyl (C=O) groups is 1. The maximum Gasteiger partial charge on any atom is 0.407 e. The SMILES string of the molecule is C=C(C(CCCC)NC(=O)OCC)P(=O)(OCC)OCC. The van der Waals surface area contributed by atoms with Crippen molar-refractivity contribution in [3.8, 4) is 0 Å². The molecule has 124 valence electrons. The van der Waals surface area contributed by atoms with E-state index in [1.54, 1.807) is 20.8 Å². The van der Waals surface area contributed by atoms with Gasteiger partial charge in [-0.25, -0.2) is 4.79 Å². The molecule has 0 fully saturated rings. The number of rotatable bonds is 11. The molecule has 0 bridgehead atoms. The molecular formula is C14H28NO5P. The van der Waals surface area contributed by atoms with Crippen LogP contribution in [-0.2, 0) is 18.3 Å². The lowest BCUT2D eigenvalue weighted by Gasteiger charge is -2.26. The number of amides is 1. The lowest BCUT2D eigenvalue weighted by atomic mass is 10.1. The molecule has 1 N–H and O–H groups in total. The zero-order valence-corrected chi connectivity index (χ0v) is 14.4. The van der Waals surface area contributed by atoms with Gasteiger partial charge in [-0.1, -0.05) is 26.3 Å². The van der Waals surface area contributed by atoms with Crippen LogP contribution in [-0.4, -0.2) is 32.0 Å². The Morgan fingerprint density at radius 3 is 2.14 bits per heavy atom. The van der Waals surface area contributed by atoms with E-state index in [0.29, 0.717) is 6.42 Å². The first-order valence-electron chi connectivity index (χ1n) is 7.46. The maximum atomic E-state index is 12.7. The fourth-order valence-electron chi connectivity index (χ4n) is 1.78. The molecule has 0 saturated carbocycles. The van der Waals surface area contributed by atoms with Crippen molar-refractivity contribution >= 4 is 13.7 Å². The Labute approximate surface area is 127 Å². The molecule has 7 heteroatoms. The van der Waals surface area contributed by atoms with Gasteiger partial charge < -0.3 is 19.1 Å². The number of alkyl carbamates (subject to hydrolysis) is 1. The highest BCUT2D eigenvalue weighted by Gasteiger charge is 2.34.